The van der Waals surface area contributed by atoms with Crippen molar-refractivity contribution in [3.63, 3.8) is 0 Å². The first-order valence-electron chi connectivity index (χ1n) is 5.63. The van der Waals surface area contributed by atoms with E-state index >= 15 is 0 Å². The molecule has 0 aromatic heterocycles. The van der Waals surface area contributed by atoms with Gasteiger partial charge in [-0.15, -0.1) is 0 Å². The second-order valence-electron chi connectivity index (χ2n) is 3.82. The average Bonchev–Trinajstić information content (AvgIpc) is 2.37. The molecule has 0 bridgehead atoms. The van der Waals surface area contributed by atoms with Crippen molar-refractivity contribution in [3.8, 4) is 0 Å². The summed E-state index contributed by atoms with van der Waals surface area (Å²) in [5.41, 5.74) is 5.52. The largest absolute Gasteiger partial charge is 0.449 e. The van der Waals surface area contributed by atoms with Crippen LogP contribution in [0.15, 0.2) is 30.3 Å². The maximum atomic E-state index is 11.5. The molecule has 0 fully saturated rings. The van der Waals surface area contributed by atoms with Crippen LogP contribution in [0.2, 0.25) is 5.02 Å². The van der Waals surface area contributed by atoms with Gasteiger partial charge in [-0.1, -0.05) is 23.7 Å². The third-order valence-electron chi connectivity index (χ3n) is 2.19. The molecule has 1 rings (SSSR count). The zero-order chi connectivity index (χ0) is 15.1. The Hall–Kier alpha value is -2.34. The van der Waals surface area contributed by atoms with Crippen LogP contribution in [0.25, 0.3) is 6.08 Å². The van der Waals surface area contributed by atoms with Gasteiger partial charge in [0.2, 0.25) is 0 Å². The predicted molar refractivity (Wildman–Crippen MR) is 73.8 cm³/mol. The molecule has 20 heavy (non-hydrogen) atoms. The topological polar surface area (TPSA) is 98.5 Å². The van der Waals surface area contributed by atoms with Crippen LogP contribution in [-0.4, -0.2) is 24.0 Å². The maximum Gasteiger partial charge on any atom is 0.331 e. The van der Waals surface area contributed by atoms with Crippen molar-refractivity contribution in [2.75, 3.05) is 0 Å². The van der Waals surface area contributed by atoms with E-state index in [9.17, 15) is 14.4 Å². The highest BCUT2D eigenvalue weighted by Crippen LogP contribution is 2.10. The van der Waals surface area contributed by atoms with Gasteiger partial charge in [-0.25, -0.2) is 9.59 Å². The highest BCUT2D eigenvalue weighted by molar-refractivity contribution is 6.30. The maximum absolute atomic E-state index is 11.5. The molecule has 6 nitrogen and oxygen atoms in total. The lowest BCUT2D eigenvalue weighted by atomic mass is 10.2. The molecule has 7 heteroatoms. The van der Waals surface area contributed by atoms with Crippen molar-refractivity contribution in [1.82, 2.24) is 5.32 Å². The monoisotopic (exact) mass is 296 g/mol. The fourth-order valence-corrected chi connectivity index (χ4v) is 1.35. The second kappa shape index (κ2) is 7.30. The van der Waals surface area contributed by atoms with Gasteiger partial charge in [-0.05, 0) is 30.7 Å². The van der Waals surface area contributed by atoms with Crippen LogP contribution in [0, 0.1) is 0 Å². The standard InChI is InChI=1S/C13H13ClN2O4/c1-8(12(18)16-13(15)19)20-11(17)7-4-9-2-5-10(14)6-3-9/h2-8H,1H3,(H3,15,16,18,19)/b7-4+/t8-/m1/s1. The summed E-state index contributed by atoms with van der Waals surface area (Å²) in [5, 5.41) is 2.40. The predicted octanol–water partition coefficient (Wildman–Crippen LogP) is 1.48. The number of ether oxygens (including phenoxy) is 1. The second-order valence-corrected chi connectivity index (χ2v) is 4.25. The van der Waals surface area contributed by atoms with Crippen LogP contribution in [0.1, 0.15) is 12.5 Å². The lowest BCUT2D eigenvalue weighted by Crippen LogP contribution is -2.42. The molecule has 3 amide bonds. The van der Waals surface area contributed by atoms with Gasteiger partial charge in [0, 0.05) is 11.1 Å². The van der Waals surface area contributed by atoms with Gasteiger partial charge in [-0.3, -0.25) is 10.1 Å². The van der Waals surface area contributed by atoms with Gasteiger partial charge >= 0.3 is 12.0 Å². The average molecular weight is 297 g/mol. The van der Waals surface area contributed by atoms with Gasteiger partial charge in [-0.2, -0.15) is 0 Å². The minimum atomic E-state index is -1.12. The Bertz CT molecular complexity index is 540. The molecule has 0 unspecified atom stereocenters. The molecule has 0 radical (unpaired) electrons. The van der Waals surface area contributed by atoms with E-state index in [0.717, 1.165) is 11.6 Å². The molecule has 1 aromatic carbocycles. The van der Waals surface area contributed by atoms with Crippen molar-refractivity contribution in [2.45, 2.75) is 13.0 Å². The van der Waals surface area contributed by atoms with E-state index in [1.165, 1.54) is 13.0 Å². The van der Waals surface area contributed by atoms with Crippen LogP contribution in [0.4, 0.5) is 4.79 Å². The van der Waals surface area contributed by atoms with E-state index in [0.29, 0.717) is 5.02 Å². The summed E-state index contributed by atoms with van der Waals surface area (Å²) in [4.78, 5) is 33.2. The Morgan fingerprint density at radius 2 is 1.90 bits per heavy atom. The van der Waals surface area contributed by atoms with Crippen LogP contribution < -0.4 is 11.1 Å². The van der Waals surface area contributed by atoms with E-state index in [-0.39, 0.29) is 0 Å². The van der Waals surface area contributed by atoms with Crippen molar-refractivity contribution < 1.29 is 19.1 Å². The Kier molecular flexibility index (Phi) is 5.74. The number of nitrogens with two attached hydrogens (primary N) is 1. The number of rotatable bonds is 4. The molecular weight excluding hydrogens is 284 g/mol. The van der Waals surface area contributed by atoms with E-state index in [1.807, 2.05) is 5.32 Å². The van der Waals surface area contributed by atoms with Gasteiger partial charge < -0.3 is 10.5 Å². The molecular formula is C13H13ClN2O4. The third-order valence-corrected chi connectivity index (χ3v) is 2.44. The SMILES string of the molecule is C[C@@H](OC(=O)/C=C/c1ccc(Cl)cc1)C(=O)NC(N)=O. The van der Waals surface area contributed by atoms with Crippen molar-refractivity contribution >= 4 is 35.6 Å². The molecule has 0 heterocycles. The number of benzene rings is 1. The molecule has 1 atom stereocenters. The minimum absolute atomic E-state index is 0.585. The van der Waals surface area contributed by atoms with Gasteiger partial charge in [0.1, 0.15) is 0 Å². The summed E-state index contributed by atoms with van der Waals surface area (Å²) in [5.74, 6) is -1.50. The summed E-state index contributed by atoms with van der Waals surface area (Å²) < 4.78 is 4.79. The summed E-state index contributed by atoms with van der Waals surface area (Å²) in [6.07, 6.45) is 1.55. The number of halogens is 1. The van der Waals surface area contributed by atoms with E-state index in [4.69, 9.17) is 22.1 Å². The van der Waals surface area contributed by atoms with E-state index in [1.54, 1.807) is 24.3 Å². The van der Waals surface area contributed by atoms with E-state index in [2.05, 4.69) is 0 Å². The zero-order valence-electron chi connectivity index (χ0n) is 10.6. The van der Waals surface area contributed by atoms with Crippen molar-refractivity contribution in [2.24, 2.45) is 5.73 Å². The Balaban J connectivity index is 2.52. The fraction of sp³-hybridized carbons (Fsp3) is 0.154. The molecule has 0 aliphatic carbocycles. The molecule has 0 spiro atoms. The molecule has 106 valence electrons. The number of hydrogen-bond acceptors (Lipinski definition) is 4. The van der Waals surface area contributed by atoms with Gasteiger partial charge in [0.25, 0.3) is 5.91 Å². The number of urea groups is 1. The van der Waals surface area contributed by atoms with E-state index < -0.39 is 24.0 Å². The number of nitrogens with one attached hydrogen (secondary N) is 1. The zero-order valence-corrected chi connectivity index (χ0v) is 11.4. The number of primary amides is 1. The number of hydrogen-bond donors (Lipinski definition) is 2. The quantitative estimate of drug-likeness (QED) is 0.649. The first-order valence-corrected chi connectivity index (χ1v) is 6.01. The number of amides is 3. The van der Waals surface area contributed by atoms with Crippen molar-refractivity contribution in [3.05, 3.63) is 40.9 Å². The molecule has 0 aliphatic rings. The lowest BCUT2D eigenvalue weighted by molar-refractivity contribution is -0.149. The lowest BCUT2D eigenvalue weighted by Gasteiger charge is -2.09. The fourth-order valence-electron chi connectivity index (χ4n) is 1.23. The van der Waals surface area contributed by atoms with Crippen LogP contribution in [0.5, 0.6) is 0 Å². The van der Waals surface area contributed by atoms with Crippen LogP contribution >= 0.6 is 11.6 Å². The Morgan fingerprint density at radius 1 is 1.30 bits per heavy atom. The molecule has 1 aromatic rings. The first kappa shape index (κ1) is 15.7. The summed E-state index contributed by atoms with van der Waals surface area (Å²) in [7, 11) is 0. The number of carbonyl (C=O) groups is 3. The molecule has 0 saturated heterocycles. The minimum Gasteiger partial charge on any atom is -0.449 e. The van der Waals surface area contributed by atoms with Crippen molar-refractivity contribution in [1.29, 1.82) is 0 Å². The Labute approximate surface area is 120 Å². The highest BCUT2D eigenvalue weighted by Gasteiger charge is 2.17. The molecule has 0 aliphatic heterocycles. The molecule has 0 saturated carbocycles. The van der Waals surface area contributed by atoms with Gasteiger partial charge in [0.15, 0.2) is 6.10 Å². The highest BCUT2D eigenvalue weighted by atomic mass is 35.5. The molecule has 3 N–H and O–H groups in total. The van der Waals surface area contributed by atoms with Crippen LogP contribution in [0.3, 0.4) is 0 Å². The smallest absolute Gasteiger partial charge is 0.331 e. The summed E-state index contributed by atoms with van der Waals surface area (Å²) in [6.45, 7) is 1.33. The first-order chi connectivity index (χ1) is 9.38. The number of imide groups is 1. The van der Waals surface area contributed by atoms with Gasteiger partial charge in [0.05, 0.1) is 0 Å². The normalized spacial score (nSPS) is 11.9. The van der Waals surface area contributed by atoms with Crippen LogP contribution in [-0.2, 0) is 14.3 Å². The number of carbonyl (C=O) groups excluding carboxylic acids is 3. The third kappa shape index (κ3) is 5.53. The summed E-state index contributed by atoms with van der Waals surface area (Å²) >= 11 is 5.72. The summed E-state index contributed by atoms with van der Waals surface area (Å²) in [6, 6.07) is 5.78. The Morgan fingerprint density at radius 3 is 2.45 bits per heavy atom. The number of esters is 1.